The predicted molar refractivity (Wildman–Crippen MR) is 119 cm³/mol. The molecule has 3 heterocycles. The van der Waals surface area contributed by atoms with Crippen molar-refractivity contribution in [3.63, 3.8) is 0 Å². The van der Waals surface area contributed by atoms with Gasteiger partial charge in [-0.25, -0.2) is 18.9 Å². The van der Waals surface area contributed by atoms with E-state index in [4.69, 9.17) is 4.74 Å². The standard InChI is InChI=1S/C22H27FN6O4/c1-33-12-2-9-24-21(31)27-10-7-22(32,8-11-27)14-28-15-25-19-18(20(28)30)13-26-29(19)17-5-3-16(23)4-6-17/h3-6,13,15,32H,2,7-12,14H2,1H3,(H,24,31). The van der Waals surface area contributed by atoms with Gasteiger partial charge in [0.05, 0.1) is 24.0 Å². The predicted octanol–water partition coefficient (Wildman–Crippen LogP) is 1.29. The van der Waals surface area contributed by atoms with Crippen molar-refractivity contribution in [1.82, 2.24) is 29.5 Å². The van der Waals surface area contributed by atoms with E-state index in [1.807, 2.05) is 0 Å². The second kappa shape index (κ2) is 9.67. The van der Waals surface area contributed by atoms with Crippen LogP contribution in [-0.2, 0) is 11.3 Å². The summed E-state index contributed by atoms with van der Waals surface area (Å²) >= 11 is 0. The zero-order chi connectivity index (χ0) is 23.4. The number of ether oxygens (including phenoxy) is 1. The summed E-state index contributed by atoms with van der Waals surface area (Å²) in [4.78, 5) is 31.3. The highest BCUT2D eigenvalue weighted by Crippen LogP contribution is 2.24. The number of nitrogens with zero attached hydrogens (tertiary/aromatic N) is 5. The molecule has 0 bridgehead atoms. The number of fused-ring (bicyclic) bond motifs is 1. The van der Waals surface area contributed by atoms with Crippen molar-refractivity contribution in [3.05, 3.63) is 53.0 Å². The minimum Gasteiger partial charge on any atom is -0.388 e. The molecule has 2 N–H and O–H groups in total. The number of halogens is 1. The van der Waals surface area contributed by atoms with E-state index >= 15 is 0 Å². The lowest BCUT2D eigenvalue weighted by Crippen LogP contribution is -2.52. The van der Waals surface area contributed by atoms with Gasteiger partial charge in [-0.1, -0.05) is 0 Å². The van der Waals surface area contributed by atoms with Crippen molar-refractivity contribution >= 4 is 17.1 Å². The van der Waals surface area contributed by atoms with Crippen molar-refractivity contribution < 1.29 is 19.0 Å². The van der Waals surface area contributed by atoms with Gasteiger partial charge in [0.1, 0.15) is 17.5 Å². The first kappa shape index (κ1) is 22.9. The Morgan fingerprint density at radius 2 is 2.00 bits per heavy atom. The smallest absolute Gasteiger partial charge is 0.317 e. The van der Waals surface area contributed by atoms with Gasteiger partial charge in [-0.2, -0.15) is 5.10 Å². The van der Waals surface area contributed by atoms with E-state index in [2.05, 4.69) is 15.4 Å². The van der Waals surface area contributed by atoms with Crippen molar-refractivity contribution in [2.75, 3.05) is 33.4 Å². The quantitative estimate of drug-likeness (QED) is 0.516. The van der Waals surface area contributed by atoms with Gasteiger partial charge in [0.25, 0.3) is 5.56 Å². The Hall–Kier alpha value is -3.31. The first-order chi connectivity index (χ1) is 15.9. The lowest BCUT2D eigenvalue weighted by Gasteiger charge is -2.38. The van der Waals surface area contributed by atoms with Gasteiger partial charge in [0.2, 0.25) is 0 Å². The largest absolute Gasteiger partial charge is 0.388 e. The highest BCUT2D eigenvalue weighted by Gasteiger charge is 2.34. The fourth-order valence-electron chi connectivity index (χ4n) is 3.96. The third-order valence-corrected chi connectivity index (χ3v) is 5.87. The molecular weight excluding hydrogens is 431 g/mol. The van der Waals surface area contributed by atoms with E-state index in [1.54, 1.807) is 24.1 Å². The molecule has 4 rings (SSSR count). The molecule has 11 heteroatoms. The number of amides is 2. The first-order valence-corrected chi connectivity index (χ1v) is 10.8. The third-order valence-electron chi connectivity index (χ3n) is 5.87. The number of carbonyl (C=O) groups excluding carboxylic acids is 1. The van der Waals surface area contributed by atoms with Crippen LogP contribution < -0.4 is 10.9 Å². The molecule has 0 saturated carbocycles. The van der Waals surface area contributed by atoms with E-state index in [-0.39, 0.29) is 24.0 Å². The van der Waals surface area contributed by atoms with Gasteiger partial charge in [-0.05, 0) is 43.5 Å². The molecule has 1 aliphatic heterocycles. The number of likely N-dealkylation sites (tertiary alicyclic amines) is 1. The molecule has 2 aromatic heterocycles. The number of benzene rings is 1. The highest BCUT2D eigenvalue weighted by atomic mass is 19.1. The average molecular weight is 458 g/mol. The van der Waals surface area contributed by atoms with Crippen LogP contribution in [0.5, 0.6) is 0 Å². The zero-order valence-corrected chi connectivity index (χ0v) is 18.4. The van der Waals surface area contributed by atoms with Crippen LogP contribution in [0.25, 0.3) is 16.7 Å². The number of urea groups is 1. The number of aromatic nitrogens is 4. The molecule has 176 valence electrons. The van der Waals surface area contributed by atoms with Crippen LogP contribution in [0.4, 0.5) is 9.18 Å². The Labute approximate surface area is 189 Å². The van der Waals surface area contributed by atoms with Crippen LogP contribution in [0.3, 0.4) is 0 Å². The number of hydrogen-bond acceptors (Lipinski definition) is 6. The Kier molecular flexibility index (Phi) is 6.70. The Bertz CT molecular complexity index is 1170. The maximum absolute atomic E-state index is 13.2. The van der Waals surface area contributed by atoms with Gasteiger partial charge >= 0.3 is 6.03 Å². The van der Waals surface area contributed by atoms with E-state index < -0.39 is 5.60 Å². The summed E-state index contributed by atoms with van der Waals surface area (Å²) in [5.74, 6) is -0.367. The molecular formula is C22H27FN6O4. The van der Waals surface area contributed by atoms with E-state index in [1.165, 1.54) is 33.9 Å². The van der Waals surface area contributed by atoms with Gasteiger partial charge in [0, 0.05) is 33.4 Å². The molecule has 0 aliphatic carbocycles. The maximum Gasteiger partial charge on any atom is 0.317 e. The average Bonchev–Trinajstić information content (AvgIpc) is 3.24. The van der Waals surface area contributed by atoms with Crippen molar-refractivity contribution in [1.29, 1.82) is 0 Å². The van der Waals surface area contributed by atoms with Gasteiger partial charge in [-0.15, -0.1) is 0 Å². The molecule has 1 saturated heterocycles. The number of methoxy groups -OCH3 is 1. The molecule has 0 atom stereocenters. The lowest BCUT2D eigenvalue weighted by atomic mass is 9.91. The van der Waals surface area contributed by atoms with E-state index in [9.17, 15) is 19.1 Å². The molecule has 33 heavy (non-hydrogen) atoms. The molecule has 1 fully saturated rings. The van der Waals surface area contributed by atoms with Crippen LogP contribution >= 0.6 is 0 Å². The monoisotopic (exact) mass is 458 g/mol. The van der Waals surface area contributed by atoms with Crippen LogP contribution in [0.2, 0.25) is 0 Å². The highest BCUT2D eigenvalue weighted by molar-refractivity contribution is 5.75. The Balaban J connectivity index is 1.43. The minimum atomic E-state index is -1.13. The Morgan fingerprint density at radius 1 is 1.27 bits per heavy atom. The second-order valence-corrected chi connectivity index (χ2v) is 8.24. The number of carbonyl (C=O) groups is 1. The van der Waals surface area contributed by atoms with E-state index in [0.717, 1.165) is 6.42 Å². The summed E-state index contributed by atoms with van der Waals surface area (Å²) in [6.07, 6.45) is 4.23. The summed E-state index contributed by atoms with van der Waals surface area (Å²) in [6, 6.07) is 5.57. The number of piperidine rings is 1. The van der Waals surface area contributed by atoms with Crippen LogP contribution in [-0.4, -0.2) is 74.3 Å². The zero-order valence-electron chi connectivity index (χ0n) is 18.4. The molecule has 10 nitrogen and oxygen atoms in total. The topological polar surface area (TPSA) is 115 Å². The van der Waals surface area contributed by atoms with Gasteiger partial charge in [0.15, 0.2) is 5.65 Å². The van der Waals surface area contributed by atoms with Crippen molar-refractivity contribution in [2.45, 2.75) is 31.4 Å². The molecule has 0 unspecified atom stereocenters. The van der Waals surface area contributed by atoms with E-state index in [0.29, 0.717) is 55.8 Å². The molecule has 1 aromatic carbocycles. The van der Waals surface area contributed by atoms with Gasteiger partial charge in [-0.3, -0.25) is 9.36 Å². The fraction of sp³-hybridized carbons (Fsp3) is 0.455. The summed E-state index contributed by atoms with van der Waals surface area (Å²) in [5, 5.41) is 18.4. The van der Waals surface area contributed by atoms with Crippen molar-refractivity contribution in [3.8, 4) is 5.69 Å². The third kappa shape index (κ3) is 5.04. The molecule has 2 amide bonds. The molecule has 0 spiro atoms. The normalized spacial score (nSPS) is 15.7. The summed E-state index contributed by atoms with van der Waals surface area (Å²) in [7, 11) is 1.61. The SMILES string of the molecule is COCCCNC(=O)N1CCC(O)(Cn2cnc3c(cnn3-c3ccc(F)cc3)c2=O)CC1. The van der Waals surface area contributed by atoms with Crippen LogP contribution in [0.1, 0.15) is 19.3 Å². The minimum absolute atomic E-state index is 0.0692. The number of rotatable bonds is 7. The van der Waals surface area contributed by atoms with Crippen molar-refractivity contribution in [2.24, 2.45) is 0 Å². The number of hydrogen-bond donors (Lipinski definition) is 2. The Morgan fingerprint density at radius 3 is 2.70 bits per heavy atom. The number of aliphatic hydroxyl groups is 1. The molecule has 3 aromatic rings. The van der Waals surface area contributed by atoms with Gasteiger partial charge < -0.3 is 20.1 Å². The molecule has 0 radical (unpaired) electrons. The maximum atomic E-state index is 13.2. The van der Waals surface area contributed by atoms with Crippen LogP contribution in [0.15, 0.2) is 41.6 Å². The first-order valence-electron chi connectivity index (χ1n) is 10.8. The summed E-state index contributed by atoms with van der Waals surface area (Å²) in [5.41, 5.74) is -0.503. The molecule has 1 aliphatic rings. The lowest BCUT2D eigenvalue weighted by molar-refractivity contribution is -0.0265. The summed E-state index contributed by atoms with van der Waals surface area (Å²) in [6.45, 7) is 1.95. The summed E-state index contributed by atoms with van der Waals surface area (Å²) < 4.78 is 21.0. The fourth-order valence-corrected chi connectivity index (χ4v) is 3.96. The second-order valence-electron chi connectivity index (χ2n) is 8.24. The van der Waals surface area contributed by atoms with Crippen LogP contribution in [0, 0.1) is 5.82 Å². The number of nitrogens with one attached hydrogen (secondary N) is 1.